The van der Waals surface area contributed by atoms with Crippen molar-refractivity contribution in [3.05, 3.63) is 65.5 Å². The van der Waals surface area contributed by atoms with Crippen molar-refractivity contribution in [2.45, 2.75) is 39.5 Å². The number of ether oxygens (including phenoxy) is 1. The second-order valence-corrected chi connectivity index (χ2v) is 8.02. The topological polar surface area (TPSA) is 59.4 Å². The number of amides is 1. The molecular weight excluding hydrogens is 433 g/mol. The fourth-order valence-corrected chi connectivity index (χ4v) is 4.16. The number of carbonyl (C=O) groups excluding carboxylic acids is 1. The lowest BCUT2D eigenvalue weighted by atomic mass is 10.0. The molecular formula is C24H25F3N4O2. The first-order valence-electron chi connectivity index (χ1n) is 10.8. The number of hydrogen-bond donors (Lipinski definition) is 1. The predicted molar refractivity (Wildman–Crippen MR) is 120 cm³/mol. The first kappa shape index (κ1) is 22.7. The summed E-state index contributed by atoms with van der Waals surface area (Å²) in [5.74, 6) is -0.361. The van der Waals surface area contributed by atoms with Crippen molar-refractivity contribution in [2.75, 3.05) is 23.3 Å². The molecule has 0 atom stereocenters. The zero-order chi connectivity index (χ0) is 23.6. The molecule has 1 aliphatic rings. The van der Waals surface area contributed by atoms with Crippen LogP contribution in [0.4, 0.5) is 24.5 Å². The van der Waals surface area contributed by atoms with Crippen LogP contribution >= 0.6 is 0 Å². The number of rotatable bonds is 6. The average Bonchev–Trinajstić information content (AvgIpc) is 3.05. The third-order valence-electron chi connectivity index (χ3n) is 5.66. The molecule has 2 aromatic carbocycles. The Morgan fingerprint density at radius 3 is 2.64 bits per heavy atom. The highest BCUT2D eigenvalue weighted by atomic mass is 19.4. The molecule has 0 unspecified atom stereocenters. The number of fused-ring (bicyclic) bond motifs is 1. The molecule has 33 heavy (non-hydrogen) atoms. The molecule has 0 saturated heterocycles. The van der Waals surface area contributed by atoms with Gasteiger partial charge in [0.25, 0.3) is 0 Å². The summed E-state index contributed by atoms with van der Waals surface area (Å²) < 4.78 is 43.4. The van der Waals surface area contributed by atoms with E-state index in [0.29, 0.717) is 18.7 Å². The van der Waals surface area contributed by atoms with Crippen molar-refractivity contribution >= 4 is 17.3 Å². The number of halogens is 3. The Kier molecular flexibility index (Phi) is 6.31. The number of benzene rings is 2. The maximum atomic E-state index is 12.7. The quantitative estimate of drug-likeness (QED) is 0.554. The zero-order valence-electron chi connectivity index (χ0n) is 18.4. The molecule has 2 heterocycles. The van der Waals surface area contributed by atoms with Crippen LogP contribution in [-0.2, 0) is 11.2 Å². The normalized spacial score (nSPS) is 13.5. The van der Waals surface area contributed by atoms with E-state index in [0.717, 1.165) is 41.3 Å². The van der Waals surface area contributed by atoms with Crippen LogP contribution in [0.2, 0.25) is 0 Å². The highest BCUT2D eigenvalue weighted by Crippen LogP contribution is 2.33. The van der Waals surface area contributed by atoms with E-state index < -0.39 is 6.36 Å². The van der Waals surface area contributed by atoms with Crippen molar-refractivity contribution < 1.29 is 22.7 Å². The molecule has 0 aliphatic carbocycles. The van der Waals surface area contributed by atoms with Gasteiger partial charge < -0.3 is 15.0 Å². The van der Waals surface area contributed by atoms with Gasteiger partial charge in [-0.1, -0.05) is 18.2 Å². The number of nitrogens with zero attached hydrogens (tertiary/aromatic N) is 3. The number of nitrogens with one attached hydrogen (secondary N) is 1. The molecule has 4 rings (SSSR count). The lowest BCUT2D eigenvalue weighted by molar-refractivity contribution is -0.274. The van der Waals surface area contributed by atoms with E-state index in [-0.39, 0.29) is 18.1 Å². The van der Waals surface area contributed by atoms with Gasteiger partial charge in [0.15, 0.2) is 0 Å². The van der Waals surface area contributed by atoms with Crippen LogP contribution in [0.3, 0.4) is 0 Å². The highest BCUT2D eigenvalue weighted by molar-refractivity contribution is 5.92. The lowest BCUT2D eigenvalue weighted by Gasteiger charge is -2.31. The van der Waals surface area contributed by atoms with Gasteiger partial charge in [-0.2, -0.15) is 5.10 Å². The highest BCUT2D eigenvalue weighted by Gasteiger charge is 2.31. The molecule has 1 aliphatic heterocycles. The summed E-state index contributed by atoms with van der Waals surface area (Å²) in [6.45, 7) is 4.96. The summed E-state index contributed by atoms with van der Waals surface area (Å²) >= 11 is 0. The Bertz CT molecular complexity index is 1140. The van der Waals surface area contributed by atoms with Crippen LogP contribution in [0.1, 0.15) is 29.8 Å². The van der Waals surface area contributed by atoms with Crippen LogP contribution in [0.25, 0.3) is 5.69 Å². The minimum atomic E-state index is -4.72. The van der Waals surface area contributed by atoms with Crippen LogP contribution in [-0.4, -0.2) is 35.1 Å². The molecule has 174 valence electrons. The third kappa shape index (κ3) is 5.30. The van der Waals surface area contributed by atoms with Crippen LogP contribution in [0.5, 0.6) is 5.75 Å². The zero-order valence-corrected chi connectivity index (χ0v) is 18.4. The monoisotopic (exact) mass is 458 g/mol. The summed E-state index contributed by atoms with van der Waals surface area (Å²) in [7, 11) is 0. The van der Waals surface area contributed by atoms with Crippen LogP contribution in [0, 0.1) is 13.8 Å². The molecule has 1 N–H and O–H groups in total. The number of carbonyl (C=O) groups is 1. The fourth-order valence-electron chi connectivity index (χ4n) is 4.16. The van der Waals surface area contributed by atoms with Crippen molar-refractivity contribution in [1.29, 1.82) is 0 Å². The molecule has 1 amide bonds. The van der Waals surface area contributed by atoms with E-state index in [4.69, 9.17) is 0 Å². The smallest absolute Gasteiger partial charge is 0.406 e. The lowest BCUT2D eigenvalue weighted by Crippen LogP contribution is -2.32. The number of para-hydroxylation sites is 1. The summed E-state index contributed by atoms with van der Waals surface area (Å²) in [4.78, 5) is 14.7. The summed E-state index contributed by atoms with van der Waals surface area (Å²) in [5.41, 5.74) is 4.80. The number of aromatic nitrogens is 2. The van der Waals surface area contributed by atoms with Crippen molar-refractivity contribution in [3.63, 3.8) is 0 Å². The van der Waals surface area contributed by atoms with E-state index >= 15 is 0 Å². The van der Waals surface area contributed by atoms with Gasteiger partial charge in [-0.3, -0.25) is 4.79 Å². The third-order valence-corrected chi connectivity index (χ3v) is 5.66. The molecule has 0 fully saturated rings. The Morgan fingerprint density at radius 1 is 1.15 bits per heavy atom. The minimum Gasteiger partial charge on any atom is -0.406 e. The largest absolute Gasteiger partial charge is 0.573 e. The van der Waals surface area contributed by atoms with Gasteiger partial charge in [-0.15, -0.1) is 13.2 Å². The van der Waals surface area contributed by atoms with E-state index in [1.54, 1.807) is 10.7 Å². The van der Waals surface area contributed by atoms with Crippen LogP contribution in [0.15, 0.2) is 48.5 Å². The van der Waals surface area contributed by atoms with Gasteiger partial charge in [-0.25, -0.2) is 4.68 Å². The number of hydrogen-bond acceptors (Lipinski definition) is 4. The molecule has 1 aromatic heterocycles. The molecule has 0 radical (unpaired) electrons. The SMILES string of the molecule is Cc1nn(-c2ccccc2)c(C)c1NC(=O)CCN1CCCc2cc(OC(F)(F)F)ccc21. The molecule has 0 bridgehead atoms. The van der Waals surface area contributed by atoms with Crippen LogP contribution < -0.4 is 15.0 Å². The van der Waals surface area contributed by atoms with Gasteiger partial charge in [0.2, 0.25) is 5.91 Å². The summed E-state index contributed by atoms with van der Waals surface area (Å²) in [5, 5.41) is 7.52. The van der Waals surface area contributed by atoms with Crippen molar-refractivity contribution in [2.24, 2.45) is 0 Å². The first-order valence-corrected chi connectivity index (χ1v) is 10.8. The second-order valence-electron chi connectivity index (χ2n) is 8.02. The van der Waals surface area contributed by atoms with Crippen molar-refractivity contribution in [3.8, 4) is 11.4 Å². The predicted octanol–water partition coefficient (Wildman–Crippen LogP) is 5.17. The first-order chi connectivity index (χ1) is 15.7. The molecule has 3 aromatic rings. The van der Waals surface area contributed by atoms with Crippen molar-refractivity contribution in [1.82, 2.24) is 9.78 Å². The average molecular weight is 458 g/mol. The Labute approximate surface area is 190 Å². The second kappa shape index (κ2) is 9.17. The Hall–Kier alpha value is -3.49. The maximum absolute atomic E-state index is 12.7. The number of aryl methyl sites for hydroxylation is 2. The van der Waals surface area contributed by atoms with Gasteiger partial charge >= 0.3 is 6.36 Å². The molecule has 9 heteroatoms. The van der Waals surface area contributed by atoms with Gasteiger partial charge in [-0.05, 0) is 62.6 Å². The van der Waals surface area contributed by atoms with Gasteiger partial charge in [0.05, 0.1) is 22.8 Å². The summed E-state index contributed by atoms with van der Waals surface area (Å²) in [6.07, 6.45) is -3.00. The minimum absolute atomic E-state index is 0.141. The molecule has 6 nitrogen and oxygen atoms in total. The van der Waals surface area contributed by atoms with Gasteiger partial charge in [0.1, 0.15) is 5.75 Å². The van der Waals surface area contributed by atoms with E-state index in [1.807, 2.05) is 49.1 Å². The molecule has 0 saturated carbocycles. The van der Waals surface area contributed by atoms with E-state index in [1.165, 1.54) is 12.1 Å². The molecule has 0 spiro atoms. The standard InChI is InChI=1S/C24H25F3N4O2/c1-16-23(17(2)31(29-16)19-8-4-3-5-9-19)28-22(32)12-14-30-13-6-7-18-15-20(10-11-21(18)30)33-24(25,26)27/h3-5,8-11,15H,6-7,12-14H2,1-2H3,(H,28,32). The number of anilines is 2. The maximum Gasteiger partial charge on any atom is 0.573 e. The Morgan fingerprint density at radius 2 is 1.91 bits per heavy atom. The van der Waals surface area contributed by atoms with E-state index in [2.05, 4.69) is 15.2 Å². The fraction of sp³-hybridized carbons (Fsp3) is 0.333. The van der Waals surface area contributed by atoms with Gasteiger partial charge in [0, 0.05) is 25.2 Å². The number of alkyl halides is 3. The summed E-state index contributed by atoms with van der Waals surface area (Å²) in [6, 6.07) is 14.1. The van der Waals surface area contributed by atoms with E-state index in [9.17, 15) is 18.0 Å². The Balaban J connectivity index is 1.41.